The number of phenols is 1. The van der Waals surface area contributed by atoms with Gasteiger partial charge in [0.15, 0.2) is 0 Å². The van der Waals surface area contributed by atoms with E-state index in [9.17, 15) is 3.87 Å². The Hall–Kier alpha value is -0.934. The predicted octanol–water partition coefficient (Wildman–Crippen LogP) is 2.00. The molecule has 0 bridgehead atoms. The molecule has 0 saturated heterocycles. The van der Waals surface area contributed by atoms with Crippen LogP contribution in [0.2, 0.25) is 0 Å². The van der Waals surface area contributed by atoms with E-state index in [1.807, 2.05) is 0 Å². The first-order chi connectivity index (χ1) is 5.72. The van der Waals surface area contributed by atoms with Gasteiger partial charge in [-0.2, -0.15) is 0 Å². The van der Waals surface area contributed by atoms with Crippen molar-refractivity contribution in [1.29, 1.82) is 0 Å². The third-order valence-electron chi connectivity index (χ3n) is 1.34. The first-order valence-electron chi connectivity index (χ1n) is 3.37. The van der Waals surface area contributed by atoms with Gasteiger partial charge in [-0.15, -0.1) is 0 Å². The Morgan fingerprint density at radius 1 is 1.42 bits per heavy atom. The Morgan fingerprint density at radius 2 is 2.00 bits per heavy atom. The minimum absolute atomic E-state index is 0.229. The Kier molecular flexibility index (Phi) is 3.19. The molecule has 0 radical (unpaired) electrons. The van der Waals surface area contributed by atoms with Crippen LogP contribution in [0.5, 0.6) is 5.75 Å². The Morgan fingerprint density at radius 3 is 2.50 bits per heavy atom. The zero-order valence-electron chi connectivity index (χ0n) is 6.49. The molecule has 2 nitrogen and oxygen atoms in total. The van der Waals surface area contributed by atoms with Crippen LogP contribution in [0.25, 0.3) is 0 Å². The van der Waals surface area contributed by atoms with Gasteiger partial charge in [-0.25, -0.2) is 0 Å². The third-order valence-corrected chi connectivity index (χ3v) is 2.60. The van der Waals surface area contributed by atoms with Crippen molar-refractivity contribution >= 4 is 0 Å². The molecule has 1 N–H and O–H groups in total. The first-order valence-corrected chi connectivity index (χ1v) is 5.13. The van der Waals surface area contributed by atoms with Crippen LogP contribution in [0.4, 0.5) is 0 Å². The van der Waals surface area contributed by atoms with E-state index in [1.54, 1.807) is 24.3 Å². The van der Waals surface area contributed by atoms with Gasteiger partial charge in [0.2, 0.25) is 0 Å². The molecule has 0 aliphatic carbocycles. The summed E-state index contributed by atoms with van der Waals surface area (Å²) in [5.41, 5.74) is 0.952. The summed E-state index contributed by atoms with van der Waals surface area (Å²) >= 11 is -1.31. The fourth-order valence-corrected chi connectivity index (χ4v) is 1.57. The maximum atomic E-state index is 11.0. The van der Waals surface area contributed by atoms with Gasteiger partial charge in [0.1, 0.15) is 0 Å². The molecule has 0 fully saturated rings. The number of rotatable bonds is 3. The molecule has 12 heavy (non-hydrogen) atoms. The van der Waals surface area contributed by atoms with E-state index >= 15 is 0 Å². The van der Waals surface area contributed by atoms with Crippen LogP contribution in [0.15, 0.2) is 35.9 Å². The van der Waals surface area contributed by atoms with Gasteiger partial charge in [-0.05, 0) is 0 Å². The molecule has 1 aromatic rings. The zero-order valence-corrected chi connectivity index (χ0v) is 7.53. The van der Waals surface area contributed by atoms with Crippen molar-refractivity contribution in [2.75, 3.05) is 0 Å². The second-order valence-corrected chi connectivity index (χ2v) is 4.00. The molecule has 0 atom stereocenters. The van der Waals surface area contributed by atoms with Gasteiger partial charge in [0.25, 0.3) is 0 Å². The molecular formula is C9H10CoO2. The molecule has 0 aromatic heterocycles. The average molecular weight is 209 g/mol. The topological polar surface area (TPSA) is 37.3 Å². The normalized spacial score (nSPS) is 10.8. The van der Waals surface area contributed by atoms with Crippen LogP contribution in [-0.2, 0) is 22.8 Å². The number of aromatic hydroxyl groups is 1. The van der Waals surface area contributed by atoms with Gasteiger partial charge in [-0.3, -0.25) is 0 Å². The van der Waals surface area contributed by atoms with Gasteiger partial charge in [0, 0.05) is 0 Å². The molecule has 0 aliphatic heterocycles. The number of hydrogen-bond acceptors (Lipinski definition) is 2. The van der Waals surface area contributed by atoms with Crippen LogP contribution in [0.3, 0.4) is 0 Å². The second-order valence-electron chi connectivity index (χ2n) is 2.23. The van der Waals surface area contributed by atoms with Crippen molar-refractivity contribution in [1.82, 2.24) is 0 Å². The van der Waals surface area contributed by atoms with Crippen molar-refractivity contribution in [3.05, 3.63) is 41.4 Å². The summed E-state index contributed by atoms with van der Waals surface area (Å²) in [6.45, 7) is 3.44. The zero-order chi connectivity index (χ0) is 8.97. The Balaban J connectivity index is 2.71. The SMILES string of the molecule is C=[CH][Co](=[O])[CH2]c1ccc(O)cc1. The molecule has 0 aliphatic rings. The fraction of sp³-hybridized carbons (Fsp3) is 0.111. The first kappa shape index (κ1) is 9.16. The molecule has 0 amide bonds. The van der Waals surface area contributed by atoms with Gasteiger partial charge >= 0.3 is 75.1 Å². The molecule has 67 valence electrons. The van der Waals surface area contributed by atoms with Crippen molar-refractivity contribution < 1.29 is 22.6 Å². The summed E-state index contributed by atoms with van der Waals surface area (Å²) in [4.78, 5) is 0. The molecule has 1 aromatic carbocycles. The van der Waals surface area contributed by atoms with E-state index in [4.69, 9.17) is 5.11 Å². The van der Waals surface area contributed by atoms with Gasteiger partial charge in [-0.1, -0.05) is 0 Å². The van der Waals surface area contributed by atoms with Crippen LogP contribution < -0.4 is 0 Å². The van der Waals surface area contributed by atoms with Crippen molar-refractivity contribution in [2.45, 2.75) is 5.36 Å². The van der Waals surface area contributed by atoms with E-state index in [0.717, 1.165) is 5.56 Å². The summed E-state index contributed by atoms with van der Waals surface area (Å²) in [7, 11) is 0. The van der Waals surface area contributed by atoms with Crippen LogP contribution in [0.1, 0.15) is 5.56 Å². The van der Waals surface area contributed by atoms with Crippen molar-refractivity contribution in [3.63, 3.8) is 0 Å². The molecule has 0 unspecified atom stereocenters. The quantitative estimate of drug-likeness (QED) is 0.826. The summed E-state index contributed by atoms with van der Waals surface area (Å²) < 4.78 is 11.0. The number of phenolic OH excluding ortho intramolecular Hbond substituents is 1. The van der Waals surface area contributed by atoms with E-state index in [2.05, 4.69) is 6.58 Å². The van der Waals surface area contributed by atoms with E-state index < -0.39 is 13.6 Å². The predicted molar refractivity (Wildman–Crippen MR) is 42.7 cm³/mol. The third kappa shape index (κ3) is 2.60. The molecule has 3 heteroatoms. The summed E-state index contributed by atoms with van der Waals surface area (Å²) in [6, 6.07) is 6.68. The Labute approximate surface area is 75.5 Å². The molecule has 0 saturated carbocycles. The Bertz CT molecular complexity index is 290. The number of benzene rings is 1. The van der Waals surface area contributed by atoms with E-state index in [0.29, 0.717) is 5.36 Å². The van der Waals surface area contributed by atoms with Crippen LogP contribution >= 0.6 is 0 Å². The summed E-state index contributed by atoms with van der Waals surface area (Å²) in [6.07, 6.45) is 0. The standard InChI is InChI=1S/C7H7O.C2H3.Co.O/c1-6-2-4-7(8)5-3-6;1-2;;/h2-5,8H,1H2;1H,2H2;;. The van der Waals surface area contributed by atoms with E-state index in [1.165, 1.54) is 5.01 Å². The molecule has 1 rings (SSSR count). The number of hydrogen-bond donors (Lipinski definition) is 1. The molecule has 0 heterocycles. The van der Waals surface area contributed by atoms with Crippen LogP contribution in [-0.4, -0.2) is 5.11 Å². The van der Waals surface area contributed by atoms with Crippen molar-refractivity contribution in [2.24, 2.45) is 0 Å². The van der Waals surface area contributed by atoms with Crippen LogP contribution in [0, 0.1) is 0 Å². The maximum absolute atomic E-state index is 11.0. The van der Waals surface area contributed by atoms with Gasteiger partial charge in [0.05, 0.1) is 0 Å². The molecular weight excluding hydrogens is 199 g/mol. The van der Waals surface area contributed by atoms with E-state index in [-0.39, 0.29) is 5.75 Å². The summed E-state index contributed by atoms with van der Waals surface area (Å²) in [5.74, 6) is 0.229. The average Bonchev–Trinajstić information content (AvgIpc) is 2.09. The molecule has 0 spiro atoms. The summed E-state index contributed by atoms with van der Waals surface area (Å²) in [5, 5.41) is 10.9. The minimum atomic E-state index is -1.31. The monoisotopic (exact) mass is 209 g/mol. The fourth-order valence-electron chi connectivity index (χ4n) is 0.757. The van der Waals surface area contributed by atoms with Gasteiger partial charge < -0.3 is 0 Å². The van der Waals surface area contributed by atoms with Crippen molar-refractivity contribution in [3.8, 4) is 5.75 Å². The second kappa shape index (κ2) is 4.18.